The second-order valence-electron chi connectivity index (χ2n) is 7.60. The highest BCUT2D eigenvalue weighted by Gasteiger charge is 2.23. The first-order valence-corrected chi connectivity index (χ1v) is 11.9. The normalized spacial score (nSPS) is 14.2. The van der Waals surface area contributed by atoms with Crippen molar-refractivity contribution in [2.75, 3.05) is 12.0 Å². The Balaban J connectivity index is 1.53. The summed E-state index contributed by atoms with van der Waals surface area (Å²) in [5, 5.41) is 4.45. The molecule has 1 aliphatic rings. The zero-order chi connectivity index (χ0) is 21.1. The Morgan fingerprint density at radius 2 is 1.83 bits per heavy atom. The lowest BCUT2D eigenvalue weighted by Crippen LogP contribution is -2.17. The van der Waals surface area contributed by atoms with Crippen LogP contribution in [0.3, 0.4) is 0 Å². The molecule has 6 nitrogen and oxygen atoms in total. The lowest BCUT2D eigenvalue weighted by Gasteiger charge is -2.17. The number of hydrogen-bond donors (Lipinski definition) is 0. The van der Waals surface area contributed by atoms with Gasteiger partial charge in [0, 0.05) is 24.4 Å². The van der Waals surface area contributed by atoms with Crippen LogP contribution in [0.15, 0.2) is 72.0 Å². The molecule has 1 aromatic heterocycles. The zero-order valence-corrected chi connectivity index (χ0v) is 17.5. The quantitative estimate of drug-likeness (QED) is 0.560. The van der Waals surface area contributed by atoms with Crippen LogP contribution in [0.2, 0.25) is 0 Å². The van der Waals surface area contributed by atoms with Gasteiger partial charge in [-0.25, -0.2) is 8.42 Å². The van der Waals surface area contributed by atoms with Gasteiger partial charge in [0.15, 0.2) is 5.78 Å². The molecule has 0 N–H and O–H groups in total. The average molecular weight is 422 g/mol. The molecule has 4 rings (SSSR count). The molecule has 7 heteroatoms. The number of aliphatic imine (C=N–C) groups is 1. The van der Waals surface area contributed by atoms with Gasteiger partial charge >= 0.3 is 0 Å². The van der Waals surface area contributed by atoms with Gasteiger partial charge in [-0.2, -0.15) is 5.10 Å². The highest BCUT2D eigenvalue weighted by molar-refractivity contribution is 7.90. The SMILES string of the molecule is CS(=O)(=O)CCC(c1ccccc1)n1cc(CC(=O)C2=NCc3ccccc32)cn1. The predicted octanol–water partition coefficient (Wildman–Crippen LogP) is 3.02. The number of Topliss-reactive ketones (excluding diaryl/α,β-unsaturated/α-hetero) is 1. The van der Waals surface area contributed by atoms with Gasteiger partial charge in [0.1, 0.15) is 15.5 Å². The van der Waals surface area contributed by atoms with E-state index in [4.69, 9.17) is 0 Å². The minimum Gasteiger partial charge on any atom is -0.292 e. The number of hydrogen-bond acceptors (Lipinski definition) is 5. The number of benzene rings is 2. The van der Waals surface area contributed by atoms with E-state index in [1.165, 1.54) is 6.26 Å². The van der Waals surface area contributed by atoms with Crippen molar-refractivity contribution in [1.29, 1.82) is 0 Å². The fourth-order valence-electron chi connectivity index (χ4n) is 3.74. The third-order valence-corrected chi connectivity index (χ3v) is 6.21. The molecule has 30 heavy (non-hydrogen) atoms. The molecule has 0 radical (unpaired) electrons. The van der Waals surface area contributed by atoms with Crippen LogP contribution < -0.4 is 0 Å². The van der Waals surface area contributed by atoms with Crippen molar-refractivity contribution in [3.63, 3.8) is 0 Å². The van der Waals surface area contributed by atoms with Gasteiger partial charge in [0.2, 0.25) is 0 Å². The number of ketones is 1. The van der Waals surface area contributed by atoms with Gasteiger partial charge in [0.05, 0.1) is 24.5 Å². The van der Waals surface area contributed by atoms with E-state index in [-0.39, 0.29) is 24.0 Å². The molecule has 154 valence electrons. The summed E-state index contributed by atoms with van der Waals surface area (Å²) in [6, 6.07) is 17.3. The number of carbonyl (C=O) groups is 1. The summed E-state index contributed by atoms with van der Waals surface area (Å²) in [6.45, 7) is 0.540. The van der Waals surface area contributed by atoms with Crippen LogP contribution in [0.1, 0.15) is 34.7 Å². The van der Waals surface area contributed by atoms with E-state index in [0.717, 1.165) is 22.3 Å². The van der Waals surface area contributed by atoms with Crippen molar-refractivity contribution < 1.29 is 13.2 Å². The maximum Gasteiger partial charge on any atom is 0.185 e. The number of aromatic nitrogens is 2. The maximum absolute atomic E-state index is 12.8. The van der Waals surface area contributed by atoms with Crippen LogP contribution in [-0.4, -0.2) is 41.7 Å². The molecule has 2 aromatic carbocycles. The van der Waals surface area contributed by atoms with Crippen molar-refractivity contribution in [2.45, 2.75) is 25.4 Å². The minimum absolute atomic E-state index is 0.0353. The molecule has 1 atom stereocenters. The van der Waals surface area contributed by atoms with Gasteiger partial charge < -0.3 is 0 Å². The number of sulfone groups is 1. The van der Waals surface area contributed by atoms with Crippen LogP contribution in [0.4, 0.5) is 0 Å². The van der Waals surface area contributed by atoms with Crippen molar-refractivity contribution in [1.82, 2.24) is 9.78 Å². The predicted molar refractivity (Wildman–Crippen MR) is 117 cm³/mol. The number of carbonyl (C=O) groups excluding carboxylic acids is 1. The van der Waals surface area contributed by atoms with E-state index in [2.05, 4.69) is 10.1 Å². The first-order chi connectivity index (χ1) is 14.4. The third kappa shape index (κ3) is 4.57. The highest BCUT2D eigenvalue weighted by Crippen LogP contribution is 2.23. The standard InChI is InChI=1S/C23H23N3O3S/c1-30(28,29)12-11-21(18-7-3-2-4-8-18)26-16-17(14-25-26)13-22(27)23-20-10-6-5-9-19(20)15-24-23/h2-10,14,16,21H,11-13,15H2,1H3. The second-order valence-corrected chi connectivity index (χ2v) is 9.86. The van der Waals surface area contributed by atoms with E-state index >= 15 is 0 Å². The molecule has 0 aliphatic carbocycles. The monoisotopic (exact) mass is 421 g/mol. The summed E-state index contributed by atoms with van der Waals surface area (Å²) < 4.78 is 25.2. The van der Waals surface area contributed by atoms with E-state index in [9.17, 15) is 13.2 Å². The molecule has 3 aromatic rings. The molecule has 0 saturated heterocycles. The fraction of sp³-hybridized carbons (Fsp3) is 0.261. The van der Waals surface area contributed by atoms with Crippen LogP contribution in [0.25, 0.3) is 0 Å². The Morgan fingerprint density at radius 3 is 2.60 bits per heavy atom. The molecule has 0 amide bonds. The largest absolute Gasteiger partial charge is 0.292 e. The van der Waals surface area contributed by atoms with Crippen LogP contribution in [0.5, 0.6) is 0 Å². The highest BCUT2D eigenvalue weighted by atomic mass is 32.2. The molecular weight excluding hydrogens is 398 g/mol. The molecular formula is C23H23N3O3S. The van der Waals surface area contributed by atoms with Gasteiger partial charge in [-0.15, -0.1) is 0 Å². The lowest BCUT2D eigenvalue weighted by molar-refractivity contribution is -0.112. The smallest absolute Gasteiger partial charge is 0.185 e. The van der Waals surface area contributed by atoms with Crippen LogP contribution in [-0.2, 0) is 27.6 Å². The summed E-state index contributed by atoms with van der Waals surface area (Å²) in [5.41, 5.74) is 4.27. The first kappa shape index (κ1) is 20.2. The van der Waals surface area contributed by atoms with Crippen molar-refractivity contribution in [3.8, 4) is 0 Å². The maximum atomic E-state index is 12.8. The van der Waals surface area contributed by atoms with Crippen molar-refractivity contribution >= 4 is 21.3 Å². The van der Waals surface area contributed by atoms with Crippen LogP contribution >= 0.6 is 0 Å². The Bertz CT molecular complexity index is 1200. The average Bonchev–Trinajstić information content (AvgIpc) is 3.35. The lowest BCUT2D eigenvalue weighted by atomic mass is 10.0. The van der Waals surface area contributed by atoms with Crippen molar-refractivity contribution in [3.05, 3.63) is 89.2 Å². The topological polar surface area (TPSA) is 81.4 Å². The van der Waals surface area contributed by atoms with Gasteiger partial charge in [0.25, 0.3) is 0 Å². The summed E-state index contributed by atoms with van der Waals surface area (Å²) in [6.07, 6.45) is 5.37. The van der Waals surface area contributed by atoms with Crippen LogP contribution in [0, 0.1) is 0 Å². The fourth-order valence-corrected chi connectivity index (χ4v) is 4.39. The van der Waals surface area contributed by atoms with E-state index in [1.807, 2.05) is 60.8 Å². The molecule has 0 fully saturated rings. The summed E-state index contributed by atoms with van der Waals surface area (Å²) in [5.74, 6) is 0.0285. The third-order valence-electron chi connectivity index (χ3n) is 5.23. The number of nitrogens with zero attached hydrogens (tertiary/aromatic N) is 3. The number of rotatable bonds is 8. The Morgan fingerprint density at radius 1 is 1.10 bits per heavy atom. The van der Waals surface area contributed by atoms with E-state index in [0.29, 0.717) is 18.7 Å². The van der Waals surface area contributed by atoms with E-state index < -0.39 is 9.84 Å². The zero-order valence-electron chi connectivity index (χ0n) is 16.7. The Hall–Kier alpha value is -3.06. The molecule has 1 aliphatic heterocycles. The Kier molecular flexibility index (Phi) is 5.63. The van der Waals surface area contributed by atoms with Gasteiger partial charge in [-0.05, 0) is 23.1 Å². The molecule has 1 unspecified atom stereocenters. The molecule has 0 saturated carbocycles. The molecule has 0 spiro atoms. The number of fused-ring (bicyclic) bond motifs is 1. The first-order valence-electron chi connectivity index (χ1n) is 9.82. The van der Waals surface area contributed by atoms with Gasteiger partial charge in [-0.1, -0.05) is 54.6 Å². The summed E-state index contributed by atoms with van der Waals surface area (Å²) in [4.78, 5) is 17.3. The minimum atomic E-state index is -3.10. The summed E-state index contributed by atoms with van der Waals surface area (Å²) >= 11 is 0. The van der Waals surface area contributed by atoms with Gasteiger partial charge in [-0.3, -0.25) is 14.5 Å². The molecule has 0 bridgehead atoms. The summed E-state index contributed by atoms with van der Waals surface area (Å²) in [7, 11) is -3.10. The van der Waals surface area contributed by atoms with E-state index in [1.54, 1.807) is 10.9 Å². The van der Waals surface area contributed by atoms with Crippen molar-refractivity contribution in [2.24, 2.45) is 4.99 Å². The Labute approximate surface area is 176 Å². The molecule has 2 heterocycles. The second kappa shape index (κ2) is 8.36.